The first-order chi connectivity index (χ1) is 11.2. The molecule has 2 rings (SSSR count). The van der Waals surface area contributed by atoms with Crippen molar-refractivity contribution in [1.82, 2.24) is 5.32 Å². The van der Waals surface area contributed by atoms with Crippen LogP contribution >= 0.6 is 34.8 Å². The third kappa shape index (κ3) is 5.27. The molecule has 0 unspecified atom stereocenters. The van der Waals surface area contributed by atoms with Gasteiger partial charge in [-0.1, -0.05) is 55.3 Å². The maximum atomic E-state index is 11.8. The second-order valence-corrected chi connectivity index (χ2v) is 8.24. The van der Waals surface area contributed by atoms with E-state index in [1.165, 1.54) is 0 Å². The number of amides is 1. The van der Waals surface area contributed by atoms with Crippen LogP contribution in [0.2, 0.25) is 10.0 Å². The van der Waals surface area contributed by atoms with Gasteiger partial charge in [0.15, 0.2) is 0 Å². The van der Waals surface area contributed by atoms with Crippen LogP contribution in [0.5, 0.6) is 0 Å². The minimum atomic E-state index is -0.416. The normalized spacial score (nSPS) is 23.8. The summed E-state index contributed by atoms with van der Waals surface area (Å²) in [5.74, 6) is 0.571. The minimum Gasteiger partial charge on any atom is -0.352 e. The molecule has 24 heavy (non-hydrogen) atoms. The molecule has 0 aliphatic heterocycles. The molecule has 1 aliphatic rings. The first kappa shape index (κ1) is 19.4. The molecule has 0 radical (unpaired) electrons. The lowest BCUT2D eigenvalue weighted by atomic mass is 10.1. The minimum absolute atomic E-state index is 0.0775. The van der Waals surface area contributed by atoms with E-state index < -0.39 is 4.87 Å². The number of carbonyl (C=O) groups is 1. The van der Waals surface area contributed by atoms with Crippen LogP contribution in [-0.2, 0) is 4.79 Å². The summed E-state index contributed by atoms with van der Waals surface area (Å²) < 4.78 is 0. The van der Waals surface area contributed by atoms with E-state index in [1.807, 2.05) is 31.2 Å². The van der Waals surface area contributed by atoms with Crippen molar-refractivity contribution >= 4 is 40.7 Å². The smallest absolute Gasteiger partial charge is 0.244 e. The molecule has 0 heterocycles. The van der Waals surface area contributed by atoms with Crippen LogP contribution in [0.25, 0.3) is 0 Å². The molecule has 5 heteroatoms. The quantitative estimate of drug-likeness (QED) is 0.377. The highest BCUT2D eigenvalue weighted by atomic mass is 35.5. The van der Waals surface area contributed by atoms with Crippen LogP contribution in [0, 0.1) is 5.92 Å². The average Bonchev–Trinajstić information content (AvgIpc) is 3.18. The maximum absolute atomic E-state index is 11.8. The average molecular weight is 387 g/mol. The largest absolute Gasteiger partial charge is 0.352 e. The van der Waals surface area contributed by atoms with Crippen LogP contribution in [0.4, 0.5) is 0 Å². The van der Waals surface area contributed by atoms with Gasteiger partial charge in [0, 0.05) is 18.5 Å². The van der Waals surface area contributed by atoms with Crippen molar-refractivity contribution in [3.8, 4) is 0 Å². The topological polar surface area (TPSA) is 29.1 Å². The molecular formula is C19H22Cl3NO. The summed E-state index contributed by atoms with van der Waals surface area (Å²) in [4.78, 5) is 11.4. The Kier molecular flexibility index (Phi) is 6.41. The van der Waals surface area contributed by atoms with Gasteiger partial charge in [-0.3, -0.25) is 4.79 Å². The highest BCUT2D eigenvalue weighted by molar-refractivity contribution is 6.42. The molecule has 0 spiro atoms. The number of halogens is 3. The Bertz CT molecular complexity index is 681. The number of hydrogen-bond donors (Lipinski definition) is 1. The van der Waals surface area contributed by atoms with Crippen molar-refractivity contribution in [2.24, 2.45) is 5.92 Å². The number of allylic oxidation sites excluding steroid dienone is 3. The highest BCUT2D eigenvalue weighted by Gasteiger charge is 2.51. The van der Waals surface area contributed by atoms with Gasteiger partial charge in [-0.15, -0.1) is 11.6 Å². The van der Waals surface area contributed by atoms with E-state index in [-0.39, 0.29) is 11.8 Å². The zero-order valence-corrected chi connectivity index (χ0v) is 16.3. The molecule has 0 aromatic heterocycles. The summed E-state index contributed by atoms with van der Waals surface area (Å²) in [5.41, 5.74) is 1.96. The molecule has 2 nitrogen and oxygen atoms in total. The van der Waals surface area contributed by atoms with Gasteiger partial charge in [0.1, 0.15) is 0 Å². The van der Waals surface area contributed by atoms with Crippen molar-refractivity contribution in [3.05, 3.63) is 57.6 Å². The van der Waals surface area contributed by atoms with Gasteiger partial charge in [-0.2, -0.15) is 0 Å². The number of nitrogens with one attached hydrogen (secondary N) is 1. The van der Waals surface area contributed by atoms with E-state index in [0.717, 1.165) is 17.6 Å². The fourth-order valence-corrected chi connectivity index (χ4v) is 3.09. The van der Waals surface area contributed by atoms with Crippen LogP contribution in [0.1, 0.15) is 38.7 Å². The molecule has 1 N–H and O–H groups in total. The van der Waals surface area contributed by atoms with Gasteiger partial charge in [-0.05, 0) is 42.5 Å². The molecule has 0 saturated heterocycles. The molecular weight excluding hydrogens is 365 g/mol. The summed E-state index contributed by atoms with van der Waals surface area (Å²) in [6.07, 6.45) is 6.30. The lowest BCUT2D eigenvalue weighted by Gasteiger charge is -2.06. The second-order valence-electron chi connectivity index (χ2n) is 6.72. The summed E-state index contributed by atoms with van der Waals surface area (Å²) >= 11 is 18.6. The Labute approximate surface area is 158 Å². The molecule has 2 atom stereocenters. The summed E-state index contributed by atoms with van der Waals surface area (Å²) in [5, 5.41) is 3.95. The van der Waals surface area contributed by atoms with Crippen LogP contribution in [0.3, 0.4) is 0 Å². The molecule has 130 valence electrons. The Morgan fingerprint density at radius 1 is 1.38 bits per heavy atom. The third-order valence-electron chi connectivity index (χ3n) is 3.95. The maximum Gasteiger partial charge on any atom is 0.244 e. The number of benzene rings is 1. The predicted octanol–water partition coefficient (Wildman–Crippen LogP) is 5.73. The van der Waals surface area contributed by atoms with E-state index in [4.69, 9.17) is 34.8 Å². The molecule has 1 amide bonds. The van der Waals surface area contributed by atoms with Crippen LogP contribution < -0.4 is 5.32 Å². The van der Waals surface area contributed by atoms with Crippen molar-refractivity contribution in [2.45, 2.75) is 38.0 Å². The predicted molar refractivity (Wildman–Crippen MR) is 103 cm³/mol. The van der Waals surface area contributed by atoms with Crippen molar-refractivity contribution in [2.75, 3.05) is 6.54 Å². The monoisotopic (exact) mass is 385 g/mol. The number of alkyl halides is 1. The van der Waals surface area contributed by atoms with Gasteiger partial charge in [0.25, 0.3) is 0 Å². The molecule has 1 aromatic carbocycles. The lowest BCUT2D eigenvalue weighted by Crippen LogP contribution is -2.25. The van der Waals surface area contributed by atoms with Gasteiger partial charge in [0.2, 0.25) is 5.91 Å². The van der Waals surface area contributed by atoms with Crippen molar-refractivity contribution in [3.63, 3.8) is 0 Å². The van der Waals surface area contributed by atoms with E-state index in [9.17, 15) is 4.79 Å². The SMILES string of the molecule is CC(/C=C/[C@]1(Cl)C[C@H]1c1ccc(Cl)c(Cl)c1)=C\C(=O)NCC(C)C. The fraction of sp³-hybridized carbons (Fsp3) is 0.421. The van der Waals surface area contributed by atoms with E-state index in [1.54, 1.807) is 12.1 Å². The van der Waals surface area contributed by atoms with Gasteiger partial charge < -0.3 is 5.32 Å². The van der Waals surface area contributed by atoms with Gasteiger partial charge in [-0.25, -0.2) is 0 Å². The Balaban J connectivity index is 1.96. The molecule has 1 aromatic rings. The highest BCUT2D eigenvalue weighted by Crippen LogP contribution is 2.58. The molecule has 1 aliphatic carbocycles. The summed E-state index contributed by atoms with van der Waals surface area (Å²) in [7, 11) is 0. The fourth-order valence-electron chi connectivity index (χ4n) is 2.44. The zero-order valence-electron chi connectivity index (χ0n) is 14.1. The van der Waals surface area contributed by atoms with E-state index >= 15 is 0 Å². The first-order valence-electron chi connectivity index (χ1n) is 8.00. The van der Waals surface area contributed by atoms with Crippen molar-refractivity contribution in [1.29, 1.82) is 0 Å². The lowest BCUT2D eigenvalue weighted by molar-refractivity contribution is -0.116. The van der Waals surface area contributed by atoms with Gasteiger partial charge in [0.05, 0.1) is 14.9 Å². The summed E-state index contributed by atoms with van der Waals surface area (Å²) in [6.45, 7) is 6.68. The molecule has 0 bridgehead atoms. The van der Waals surface area contributed by atoms with Gasteiger partial charge >= 0.3 is 0 Å². The third-order valence-corrected chi connectivity index (χ3v) is 5.23. The Morgan fingerprint density at radius 3 is 2.71 bits per heavy atom. The zero-order chi connectivity index (χ0) is 17.9. The Hall–Kier alpha value is -0.960. The number of rotatable bonds is 6. The van der Waals surface area contributed by atoms with E-state index in [0.29, 0.717) is 22.5 Å². The van der Waals surface area contributed by atoms with Crippen molar-refractivity contribution < 1.29 is 4.79 Å². The first-order valence-corrected chi connectivity index (χ1v) is 9.14. The van der Waals surface area contributed by atoms with Crippen LogP contribution in [0.15, 0.2) is 42.0 Å². The second kappa shape index (κ2) is 7.95. The summed E-state index contributed by atoms with van der Waals surface area (Å²) in [6, 6.07) is 5.62. The standard InChI is InChI=1S/C19H22Cl3NO/c1-12(2)11-23-18(24)8-13(3)6-7-19(22)10-15(19)14-4-5-16(20)17(21)9-14/h4-9,12,15H,10-11H2,1-3H3,(H,23,24)/b7-6+,13-8+/t15-,19-/m0/s1. The molecule has 1 fully saturated rings. The molecule has 1 saturated carbocycles. The van der Waals surface area contributed by atoms with E-state index in [2.05, 4.69) is 19.2 Å². The van der Waals surface area contributed by atoms with Crippen LogP contribution in [-0.4, -0.2) is 17.3 Å². The number of carbonyl (C=O) groups excluding carboxylic acids is 1. The Morgan fingerprint density at radius 2 is 2.08 bits per heavy atom. The number of hydrogen-bond acceptors (Lipinski definition) is 1.